The Morgan fingerprint density at radius 3 is 2.29 bits per heavy atom. The first-order chi connectivity index (χ1) is 8.85. The minimum Gasteiger partial charge on any atom is -1.00 e. The molecule has 0 radical (unpaired) electrons. The van der Waals surface area contributed by atoms with Crippen LogP contribution in [0.1, 0.15) is 40.5 Å². The van der Waals surface area contributed by atoms with Crippen molar-refractivity contribution in [2.75, 3.05) is 7.11 Å². The van der Waals surface area contributed by atoms with E-state index >= 15 is 0 Å². The summed E-state index contributed by atoms with van der Waals surface area (Å²) in [6.07, 6.45) is 11.1. The van der Waals surface area contributed by atoms with Crippen LogP contribution in [0, 0.1) is 5.41 Å². The van der Waals surface area contributed by atoms with E-state index in [1.165, 1.54) is 20.6 Å². The molecule has 2 aliphatic carbocycles. The molecule has 2 rings (SSSR count). The molecule has 1 atom stereocenters. The Morgan fingerprint density at radius 2 is 1.86 bits per heavy atom. The number of hydrogen-bond acceptors (Lipinski definition) is 1. The summed E-state index contributed by atoms with van der Waals surface area (Å²) in [5.41, 5.74) is 3.87. The molecule has 115 valence electrons. The van der Waals surface area contributed by atoms with Gasteiger partial charge in [0.2, 0.25) is 0 Å². The van der Waals surface area contributed by atoms with Gasteiger partial charge in [0.1, 0.15) is 0 Å². The van der Waals surface area contributed by atoms with Crippen LogP contribution in [0.4, 0.5) is 0 Å². The smallest absolute Gasteiger partial charge is 1.00 e. The topological polar surface area (TPSA) is 9.23 Å². The molecule has 2 aliphatic rings. The van der Waals surface area contributed by atoms with Crippen LogP contribution in [-0.4, -0.2) is 12.7 Å². The van der Waals surface area contributed by atoms with Crippen LogP contribution in [0.25, 0.3) is 0 Å². The van der Waals surface area contributed by atoms with Crippen LogP contribution in [0.2, 0.25) is 0 Å². The minimum atomic E-state index is -0.224. The summed E-state index contributed by atoms with van der Waals surface area (Å²) < 4.78 is 7.56. The van der Waals surface area contributed by atoms with Crippen molar-refractivity contribution >= 4 is 0 Å². The monoisotopic (exact) mass is 361 g/mol. The number of hydrogen-bond donors (Lipinski definition) is 0. The van der Waals surface area contributed by atoms with Crippen LogP contribution in [0.3, 0.4) is 0 Å². The maximum absolute atomic E-state index is 6.08. The van der Waals surface area contributed by atoms with Crippen LogP contribution >= 0.6 is 0 Å². The van der Waals surface area contributed by atoms with E-state index in [9.17, 15) is 0 Å². The zero-order chi connectivity index (χ0) is 14.3. The standard InChI is InChI=1S/C17H23O.2ClH.Ti/c1-13-10-11-17(18-5,14(2)12-13)16(3,4)15-8-6-7-9-15;;;/h6,8,10,12H,7,11H2,1-5H3;2*1H;/q;;;+2/p-2. The van der Waals surface area contributed by atoms with Gasteiger partial charge in [-0.05, 0) is 0 Å². The average molecular weight is 362 g/mol. The second-order valence-corrected chi connectivity index (χ2v) is 7.08. The molecule has 4 heteroatoms. The fourth-order valence-electron chi connectivity index (χ4n) is 3.54. The Kier molecular flexibility index (Phi) is 7.74. The summed E-state index contributed by atoms with van der Waals surface area (Å²) in [6, 6.07) is 0. The van der Waals surface area contributed by atoms with Gasteiger partial charge in [0.15, 0.2) is 0 Å². The van der Waals surface area contributed by atoms with Crippen molar-refractivity contribution in [2.24, 2.45) is 5.41 Å². The Balaban J connectivity index is 0.00000200. The van der Waals surface area contributed by atoms with E-state index < -0.39 is 0 Å². The van der Waals surface area contributed by atoms with Crippen molar-refractivity contribution in [3.8, 4) is 0 Å². The Labute approximate surface area is 153 Å². The van der Waals surface area contributed by atoms with Crippen molar-refractivity contribution < 1.29 is 50.0 Å². The first-order valence-electron chi connectivity index (χ1n) is 6.87. The summed E-state index contributed by atoms with van der Waals surface area (Å²) in [4.78, 5) is 0. The number of rotatable bonds is 3. The van der Waals surface area contributed by atoms with Crippen molar-refractivity contribution in [3.05, 3.63) is 44.9 Å². The van der Waals surface area contributed by atoms with Crippen molar-refractivity contribution in [1.29, 1.82) is 0 Å². The average Bonchev–Trinajstić information content (AvgIpc) is 2.76. The summed E-state index contributed by atoms with van der Waals surface area (Å²) in [5.74, 6) is 0. The predicted molar refractivity (Wildman–Crippen MR) is 76.4 cm³/mol. The van der Waals surface area contributed by atoms with Gasteiger partial charge in [-0.15, -0.1) is 0 Å². The number of allylic oxidation sites excluding steroid dienone is 5. The number of methoxy groups -OCH3 is 1. The molecule has 0 amide bonds. The van der Waals surface area contributed by atoms with E-state index in [1.54, 1.807) is 0 Å². The zero-order valence-electron chi connectivity index (χ0n) is 13.4. The van der Waals surface area contributed by atoms with Gasteiger partial charge in [-0.25, -0.2) is 0 Å². The van der Waals surface area contributed by atoms with Crippen molar-refractivity contribution in [1.82, 2.24) is 0 Å². The second-order valence-electron chi connectivity index (χ2n) is 6.13. The van der Waals surface area contributed by atoms with Gasteiger partial charge in [0.25, 0.3) is 0 Å². The summed E-state index contributed by atoms with van der Waals surface area (Å²) in [5, 5.41) is 0. The summed E-state index contributed by atoms with van der Waals surface area (Å²) >= 11 is 2.24. The zero-order valence-corrected chi connectivity index (χ0v) is 16.5. The minimum absolute atomic E-state index is 0. The van der Waals surface area contributed by atoms with Gasteiger partial charge >= 0.3 is 129 Å². The summed E-state index contributed by atoms with van der Waals surface area (Å²) in [7, 11) is 1.85. The molecule has 0 bridgehead atoms. The first kappa shape index (κ1) is 21.2. The maximum atomic E-state index is 6.08. The molecular formula is C17H23Cl2OTi. The summed E-state index contributed by atoms with van der Waals surface area (Å²) in [6.45, 7) is 9.00. The SMILES string of the molecule is COC1(C(C)(C)C2=[C]([Ti+2])CC=C2)CC=C(C)C=C1C.[Cl-].[Cl-]. The quantitative estimate of drug-likeness (QED) is 0.554. The van der Waals surface area contributed by atoms with Gasteiger partial charge < -0.3 is 24.8 Å². The molecule has 0 spiro atoms. The van der Waals surface area contributed by atoms with E-state index in [2.05, 4.69) is 72.4 Å². The molecule has 1 nitrogen and oxygen atoms in total. The third-order valence-corrected chi connectivity index (χ3v) is 5.50. The molecular weight excluding hydrogens is 339 g/mol. The molecule has 0 aromatic rings. The van der Waals surface area contributed by atoms with E-state index in [-0.39, 0.29) is 35.8 Å². The van der Waals surface area contributed by atoms with Gasteiger partial charge in [-0.1, -0.05) is 0 Å². The van der Waals surface area contributed by atoms with Crippen molar-refractivity contribution in [2.45, 2.75) is 46.1 Å². The third-order valence-electron chi connectivity index (χ3n) is 4.76. The Hall–Kier alpha value is 0.214. The van der Waals surface area contributed by atoms with Crippen LogP contribution < -0.4 is 24.8 Å². The first-order valence-corrected chi connectivity index (χ1v) is 7.65. The molecule has 0 N–H and O–H groups in total. The maximum Gasteiger partial charge on any atom is -1.00 e. The number of halogens is 2. The molecule has 0 heterocycles. The van der Waals surface area contributed by atoms with Crippen molar-refractivity contribution in [3.63, 3.8) is 0 Å². The van der Waals surface area contributed by atoms with Gasteiger partial charge in [-0.3, -0.25) is 0 Å². The molecule has 21 heavy (non-hydrogen) atoms. The molecule has 0 aromatic heterocycles. The van der Waals surface area contributed by atoms with Crippen LogP contribution in [0.5, 0.6) is 0 Å². The van der Waals surface area contributed by atoms with E-state index in [4.69, 9.17) is 4.74 Å². The third kappa shape index (κ3) is 3.43. The van der Waals surface area contributed by atoms with Gasteiger partial charge in [0.05, 0.1) is 0 Å². The van der Waals surface area contributed by atoms with Gasteiger partial charge in [0, 0.05) is 0 Å². The fraction of sp³-hybridized carbons (Fsp3) is 0.529. The van der Waals surface area contributed by atoms with Crippen LogP contribution in [0.15, 0.2) is 44.9 Å². The fourth-order valence-corrected chi connectivity index (χ4v) is 4.34. The molecule has 0 saturated heterocycles. The molecule has 0 aromatic carbocycles. The Morgan fingerprint density at radius 1 is 1.24 bits per heavy atom. The predicted octanol–water partition coefficient (Wildman–Crippen LogP) is -1.54. The van der Waals surface area contributed by atoms with Crippen LogP contribution in [-0.2, 0) is 25.2 Å². The number of ether oxygens (including phenoxy) is 1. The molecule has 0 saturated carbocycles. The van der Waals surface area contributed by atoms with E-state index in [0.29, 0.717) is 0 Å². The second kappa shape index (κ2) is 7.66. The molecule has 1 unspecified atom stereocenters. The van der Waals surface area contributed by atoms with Gasteiger partial charge in [-0.2, -0.15) is 0 Å². The normalized spacial score (nSPS) is 25.1. The molecule has 0 fully saturated rings. The Bertz CT molecular complexity index is 515. The van der Waals surface area contributed by atoms with E-state index in [0.717, 1.165) is 12.8 Å². The molecule has 0 aliphatic heterocycles. The largest absolute Gasteiger partial charge is 1.00 e. The van der Waals surface area contributed by atoms with E-state index in [1.807, 2.05) is 7.11 Å².